The number of anilines is 1. The number of ether oxygens (including phenoxy) is 1. The number of piperidine rings is 1. The van der Waals surface area contributed by atoms with E-state index in [1.54, 1.807) is 18.2 Å². The van der Waals surface area contributed by atoms with Crippen molar-refractivity contribution < 1.29 is 17.9 Å². The molecule has 1 aromatic carbocycles. The molecule has 0 aliphatic carbocycles. The van der Waals surface area contributed by atoms with E-state index in [-0.39, 0.29) is 22.8 Å². The Balaban J connectivity index is 1.57. The summed E-state index contributed by atoms with van der Waals surface area (Å²) in [6, 6.07) is 5.03. The second kappa shape index (κ2) is 7.87. The lowest BCUT2D eigenvalue weighted by Crippen LogP contribution is -2.46. The molecule has 0 spiro atoms. The molecule has 1 amide bonds. The van der Waals surface area contributed by atoms with E-state index in [4.69, 9.17) is 4.74 Å². The van der Waals surface area contributed by atoms with E-state index in [1.165, 1.54) is 6.26 Å². The van der Waals surface area contributed by atoms with Gasteiger partial charge in [-0.15, -0.1) is 0 Å². The molecule has 29 heavy (non-hydrogen) atoms. The van der Waals surface area contributed by atoms with Crippen LogP contribution in [0.25, 0.3) is 10.9 Å². The van der Waals surface area contributed by atoms with Gasteiger partial charge in [0.1, 0.15) is 0 Å². The Hall–Kier alpha value is -2.26. The first kappa shape index (κ1) is 20.0. The van der Waals surface area contributed by atoms with Gasteiger partial charge in [-0.05, 0) is 44.4 Å². The average molecular weight is 419 g/mol. The maximum atomic E-state index is 12.7. The van der Waals surface area contributed by atoms with E-state index in [1.807, 2.05) is 11.8 Å². The Bertz CT molecular complexity index is 1030. The van der Waals surface area contributed by atoms with Gasteiger partial charge in [-0.25, -0.2) is 18.4 Å². The molecule has 2 saturated heterocycles. The van der Waals surface area contributed by atoms with Crippen LogP contribution in [0.5, 0.6) is 0 Å². The lowest BCUT2D eigenvalue weighted by molar-refractivity contribution is -0.126. The molecule has 0 saturated carbocycles. The number of aryl methyl sites for hydroxylation is 1. The van der Waals surface area contributed by atoms with Gasteiger partial charge in [0.15, 0.2) is 9.84 Å². The van der Waals surface area contributed by atoms with E-state index in [0.29, 0.717) is 31.2 Å². The number of amides is 1. The smallest absolute Gasteiger partial charge is 0.226 e. The monoisotopic (exact) mass is 418 g/mol. The van der Waals surface area contributed by atoms with Gasteiger partial charge < -0.3 is 15.0 Å². The predicted octanol–water partition coefficient (Wildman–Crippen LogP) is 1.46. The second-order valence-electron chi connectivity index (χ2n) is 7.91. The number of benzene rings is 1. The van der Waals surface area contributed by atoms with Crippen LogP contribution in [-0.4, -0.2) is 62.9 Å². The summed E-state index contributed by atoms with van der Waals surface area (Å²) in [6.45, 7) is 4.49. The Morgan fingerprint density at radius 1 is 1.28 bits per heavy atom. The molecule has 4 rings (SSSR count). The first-order valence-corrected chi connectivity index (χ1v) is 11.8. The largest absolute Gasteiger partial charge is 0.379 e. The third-order valence-electron chi connectivity index (χ3n) is 5.63. The summed E-state index contributed by atoms with van der Waals surface area (Å²) in [5.41, 5.74) is 1.39. The van der Waals surface area contributed by atoms with Crippen molar-refractivity contribution in [2.45, 2.75) is 37.1 Å². The molecule has 2 aliphatic rings. The summed E-state index contributed by atoms with van der Waals surface area (Å²) in [5, 5.41) is 3.92. The maximum Gasteiger partial charge on any atom is 0.226 e. The van der Waals surface area contributed by atoms with E-state index >= 15 is 0 Å². The number of carbonyl (C=O) groups excluding carboxylic acids is 1. The number of aromatic nitrogens is 2. The molecule has 9 heteroatoms. The molecule has 2 atom stereocenters. The Morgan fingerprint density at radius 3 is 2.83 bits per heavy atom. The highest BCUT2D eigenvalue weighted by atomic mass is 32.2. The fraction of sp³-hybridized carbons (Fsp3) is 0.550. The summed E-state index contributed by atoms with van der Waals surface area (Å²) in [4.78, 5) is 24.2. The highest BCUT2D eigenvalue weighted by molar-refractivity contribution is 7.90. The first-order valence-electron chi connectivity index (χ1n) is 9.93. The standard InChI is InChI=1S/C20H26N4O4S/c1-13-17-6-5-16(29(2,26)27)10-18(17)23-20(21-13)24-8-3-4-14(11-24)19(25)22-15-7-9-28-12-15/h5-6,10,14-15H,3-4,7-9,11-12H2,1-2H3,(H,22,25). The van der Waals surface area contributed by atoms with Crippen LogP contribution >= 0.6 is 0 Å². The van der Waals surface area contributed by atoms with Crippen molar-refractivity contribution in [3.8, 4) is 0 Å². The average Bonchev–Trinajstić information content (AvgIpc) is 3.20. The predicted molar refractivity (Wildman–Crippen MR) is 110 cm³/mol. The topological polar surface area (TPSA) is 101 Å². The summed E-state index contributed by atoms with van der Waals surface area (Å²) in [5.74, 6) is 0.482. The summed E-state index contributed by atoms with van der Waals surface area (Å²) < 4.78 is 29.1. The zero-order chi connectivity index (χ0) is 20.6. The lowest BCUT2D eigenvalue weighted by Gasteiger charge is -2.32. The number of sulfone groups is 1. The van der Waals surface area contributed by atoms with Crippen LogP contribution in [-0.2, 0) is 19.4 Å². The molecule has 3 heterocycles. The fourth-order valence-electron chi connectivity index (χ4n) is 3.97. The zero-order valence-corrected chi connectivity index (χ0v) is 17.5. The van der Waals surface area contributed by atoms with Gasteiger partial charge >= 0.3 is 0 Å². The molecular weight excluding hydrogens is 392 g/mol. The number of fused-ring (bicyclic) bond motifs is 1. The number of carbonyl (C=O) groups is 1. The van der Waals surface area contributed by atoms with E-state index in [9.17, 15) is 13.2 Å². The highest BCUT2D eigenvalue weighted by Crippen LogP contribution is 2.26. The van der Waals surface area contributed by atoms with Crippen molar-refractivity contribution in [1.82, 2.24) is 15.3 Å². The van der Waals surface area contributed by atoms with Gasteiger partial charge in [0, 0.05) is 31.3 Å². The quantitative estimate of drug-likeness (QED) is 0.802. The number of hydrogen-bond donors (Lipinski definition) is 1. The van der Waals surface area contributed by atoms with E-state index < -0.39 is 9.84 Å². The summed E-state index contributed by atoms with van der Waals surface area (Å²) in [6.07, 6.45) is 3.76. The van der Waals surface area contributed by atoms with Crippen molar-refractivity contribution in [3.63, 3.8) is 0 Å². The maximum absolute atomic E-state index is 12.7. The fourth-order valence-corrected chi connectivity index (χ4v) is 4.61. The minimum atomic E-state index is -3.31. The Kier molecular flexibility index (Phi) is 5.44. The number of nitrogens with zero attached hydrogens (tertiary/aromatic N) is 3. The number of nitrogens with one attached hydrogen (secondary N) is 1. The van der Waals surface area contributed by atoms with E-state index in [0.717, 1.165) is 36.9 Å². The van der Waals surface area contributed by atoms with Gasteiger partial charge in [-0.3, -0.25) is 4.79 Å². The van der Waals surface area contributed by atoms with Crippen molar-refractivity contribution in [3.05, 3.63) is 23.9 Å². The number of hydrogen-bond acceptors (Lipinski definition) is 7. The summed E-state index contributed by atoms with van der Waals surface area (Å²) >= 11 is 0. The Labute approximate surface area is 170 Å². The molecule has 1 aromatic heterocycles. The molecule has 1 N–H and O–H groups in total. The van der Waals surface area contributed by atoms with Gasteiger partial charge in [0.25, 0.3) is 0 Å². The minimum Gasteiger partial charge on any atom is -0.379 e. The molecule has 0 radical (unpaired) electrons. The normalized spacial score (nSPS) is 22.8. The molecule has 0 bridgehead atoms. The molecule has 8 nitrogen and oxygen atoms in total. The minimum absolute atomic E-state index is 0.0575. The van der Waals surface area contributed by atoms with Crippen molar-refractivity contribution in [1.29, 1.82) is 0 Å². The van der Waals surface area contributed by atoms with Crippen LogP contribution in [0.4, 0.5) is 5.95 Å². The van der Waals surface area contributed by atoms with E-state index in [2.05, 4.69) is 15.3 Å². The molecular formula is C20H26N4O4S. The van der Waals surface area contributed by atoms with Crippen LogP contribution in [0.1, 0.15) is 25.0 Å². The Morgan fingerprint density at radius 2 is 2.10 bits per heavy atom. The third-order valence-corrected chi connectivity index (χ3v) is 6.74. The molecule has 2 unspecified atom stereocenters. The molecule has 156 valence electrons. The summed E-state index contributed by atoms with van der Waals surface area (Å²) in [7, 11) is -3.31. The van der Waals surface area contributed by atoms with Crippen LogP contribution < -0.4 is 10.2 Å². The van der Waals surface area contributed by atoms with Gasteiger partial charge in [0.05, 0.1) is 34.7 Å². The number of rotatable bonds is 4. The van der Waals surface area contributed by atoms with Crippen molar-refractivity contribution in [2.24, 2.45) is 5.92 Å². The van der Waals surface area contributed by atoms with Gasteiger partial charge in [-0.1, -0.05) is 0 Å². The zero-order valence-electron chi connectivity index (χ0n) is 16.7. The lowest BCUT2D eigenvalue weighted by atomic mass is 9.97. The molecule has 2 aliphatic heterocycles. The van der Waals surface area contributed by atoms with Crippen LogP contribution in [0, 0.1) is 12.8 Å². The van der Waals surface area contributed by atoms with Crippen molar-refractivity contribution >= 4 is 32.6 Å². The molecule has 2 fully saturated rings. The SMILES string of the molecule is Cc1nc(N2CCCC(C(=O)NC3CCOC3)C2)nc2cc(S(C)(=O)=O)ccc12. The van der Waals surface area contributed by atoms with Gasteiger partial charge in [0.2, 0.25) is 11.9 Å². The van der Waals surface area contributed by atoms with Gasteiger partial charge in [-0.2, -0.15) is 0 Å². The van der Waals surface area contributed by atoms with Crippen molar-refractivity contribution in [2.75, 3.05) is 37.5 Å². The second-order valence-corrected chi connectivity index (χ2v) is 9.93. The van der Waals surface area contributed by atoms with Crippen LogP contribution in [0.15, 0.2) is 23.1 Å². The third kappa shape index (κ3) is 4.35. The highest BCUT2D eigenvalue weighted by Gasteiger charge is 2.29. The van der Waals surface area contributed by atoms with Crippen LogP contribution in [0.3, 0.4) is 0 Å². The molecule has 2 aromatic rings. The van der Waals surface area contributed by atoms with Crippen LogP contribution in [0.2, 0.25) is 0 Å². The first-order chi connectivity index (χ1) is 13.8.